The maximum Gasteiger partial charge on any atom is 0.220 e. The first-order valence-electron chi connectivity index (χ1n) is 19.9. The summed E-state index contributed by atoms with van der Waals surface area (Å²) < 4.78 is 0. The lowest BCUT2D eigenvalue weighted by molar-refractivity contribution is -0.123. The van der Waals surface area contributed by atoms with Gasteiger partial charge in [0.2, 0.25) is 5.91 Å². The lowest BCUT2D eigenvalue weighted by Crippen LogP contribution is -2.45. The summed E-state index contributed by atoms with van der Waals surface area (Å²) in [5.41, 5.74) is 0. The Morgan fingerprint density at radius 3 is 1.18 bits per heavy atom. The van der Waals surface area contributed by atoms with Gasteiger partial charge < -0.3 is 15.5 Å². The summed E-state index contributed by atoms with van der Waals surface area (Å²) in [5.74, 6) is -0.0615. The average Bonchev–Trinajstić information content (AvgIpc) is 3.03. The number of hydrogen-bond donors (Lipinski definition) is 3. The zero-order valence-corrected chi connectivity index (χ0v) is 29.9. The molecular weight excluding hydrogens is 542 g/mol. The smallest absolute Gasteiger partial charge is 0.220 e. The van der Waals surface area contributed by atoms with E-state index in [0.29, 0.717) is 6.42 Å². The van der Waals surface area contributed by atoms with Crippen molar-refractivity contribution in [2.24, 2.45) is 0 Å². The summed E-state index contributed by atoms with van der Waals surface area (Å²) in [4.78, 5) is 12.3. The largest absolute Gasteiger partial charge is 0.394 e. The third-order valence-electron chi connectivity index (χ3n) is 9.27. The molecule has 0 radical (unpaired) electrons. The second-order valence-corrected chi connectivity index (χ2v) is 13.7. The van der Waals surface area contributed by atoms with E-state index in [1.807, 2.05) is 6.08 Å². The molecule has 0 aromatic carbocycles. The van der Waals surface area contributed by atoms with Crippen molar-refractivity contribution in [3.63, 3.8) is 0 Å². The number of amides is 1. The SMILES string of the molecule is CCCCCCCCCCCC/C=C/C(O)C(CO)NC(=O)CCCCCCCCCCCCCCCCCCCCCC. The Kier molecular flexibility index (Phi) is 35.9. The summed E-state index contributed by atoms with van der Waals surface area (Å²) >= 11 is 0. The maximum absolute atomic E-state index is 12.3. The monoisotopic (exact) mass is 622 g/mol. The molecule has 0 fully saturated rings. The van der Waals surface area contributed by atoms with Crippen molar-refractivity contribution >= 4 is 5.91 Å². The molecule has 3 N–H and O–H groups in total. The molecule has 0 aliphatic rings. The second kappa shape index (κ2) is 36.6. The molecule has 1 amide bonds. The fourth-order valence-corrected chi connectivity index (χ4v) is 6.18. The highest BCUT2D eigenvalue weighted by Crippen LogP contribution is 2.15. The van der Waals surface area contributed by atoms with Crippen molar-refractivity contribution in [3.8, 4) is 0 Å². The van der Waals surface area contributed by atoms with Crippen LogP contribution in [-0.4, -0.2) is 34.9 Å². The highest BCUT2D eigenvalue weighted by molar-refractivity contribution is 5.76. The molecule has 0 aliphatic carbocycles. The van der Waals surface area contributed by atoms with Crippen LogP contribution in [0, 0.1) is 0 Å². The van der Waals surface area contributed by atoms with Gasteiger partial charge in [0, 0.05) is 6.42 Å². The summed E-state index contributed by atoms with van der Waals surface area (Å²) in [6.07, 6.45) is 44.5. The van der Waals surface area contributed by atoms with E-state index in [4.69, 9.17) is 0 Å². The number of rotatable bonds is 36. The fraction of sp³-hybridized carbons (Fsp3) is 0.925. The Labute approximate surface area is 276 Å². The second-order valence-electron chi connectivity index (χ2n) is 13.7. The molecule has 4 heteroatoms. The first-order chi connectivity index (χ1) is 21.7. The molecule has 0 saturated carbocycles. The van der Waals surface area contributed by atoms with E-state index in [9.17, 15) is 15.0 Å². The number of aliphatic hydroxyl groups excluding tert-OH is 2. The van der Waals surface area contributed by atoms with Crippen molar-refractivity contribution in [3.05, 3.63) is 12.2 Å². The Hall–Kier alpha value is -0.870. The van der Waals surface area contributed by atoms with E-state index >= 15 is 0 Å². The minimum Gasteiger partial charge on any atom is -0.394 e. The Bertz CT molecular complexity index is 593. The first kappa shape index (κ1) is 43.1. The van der Waals surface area contributed by atoms with Crippen LogP contribution in [0.15, 0.2) is 12.2 Å². The first-order valence-corrected chi connectivity index (χ1v) is 19.9. The van der Waals surface area contributed by atoms with Crippen molar-refractivity contribution in [1.29, 1.82) is 0 Å². The van der Waals surface area contributed by atoms with Gasteiger partial charge in [0.15, 0.2) is 0 Å². The number of carbonyl (C=O) groups excluding carboxylic acids is 1. The predicted octanol–water partition coefficient (Wildman–Crippen LogP) is 11.9. The van der Waals surface area contributed by atoms with Gasteiger partial charge in [-0.2, -0.15) is 0 Å². The number of unbranched alkanes of at least 4 members (excludes halogenated alkanes) is 29. The van der Waals surface area contributed by atoms with Gasteiger partial charge in [-0.1, -0.05) is 206 Å². The van der Waals surface area contributed by atoms with Crippen molar-refractivity contribution in [2.45, 2.75) is 231 Å². The standard InChI is InChI=1S/C40H79NO3/c1-3-5-7-9-11-13-15-17-18-19-20-21-22-23-24-26-28-30-32-34-36-40(44)41-38(37-42)39(43)35-33-31-29-27-25-16-14-12-10-8-6-4-2/h33,35,38-39,42-43H,3-32,34,36-37H2,1-2H3,(H,41,44)/b35-33+. The van der Waals surface area contributed by atoms with Crippen molar-refractivity contribution in [1.82, 2.24) is 5.32 Å². The quantitative estimate of drug-likeness (QED) is 0.0481. The van der Waals surface area contributed by atoms with Gasteiger partial charge in [-0.05, 0) is 19.3 Å². The molecule has 0 aliphatic heterocycles. The van der Waals surface area contributed by atoms with Gasteiger partial charge in [-0.25, -0.2) is 0 Å². The summed E-state index contributed by atoms with van der Waals surface area (Å²) in [6.45, 7) is 4.31. The summed E-state index contributed by atoms with van der Waals surface area (Å²) in [5, 5.41) is 22.9. The molecule has 0 saturated heterocycles. The van der Waals surface area contributed by atoms with E-state index in [-0.39, 0.29) is 12.5 Å². The van der Waals surface area contributed by atoms with Crippen LogP contribution < -0.4 is 5.32 Å². The van der Waals surface area contributed by atoms with Crippen LogP contribution in [0.1, 0.15) is 219 Å². The van der Waals surface area contributed by atoms with Gasteiger partial charge in [0.1, 0.15) is 0 Å². The minimum absolute atomic E-state index is 0.0615. The molecule has 4 nitrogen and oxygen atoms in total. The molecule has 0 aromatic rings. The fourth-order valence-electron chi connectivity index (χ4n) is 6.18. The normalized spacial score (nSPS) is 13.1. The van der Waals surface area contributed by atoms with Gasteiger partial charge in [-0.15, -0.1) is 0 Å². The number of aliphatic hydroxyl groups is 2. The van der Waals surface area contributed by atoms with E-state index in [0.717, 1.165) is 25.7 Å². The lowest BCUT2D eigenvalue weighted by Gasteiger charge is -2.20. The zero-order chi connectivity index (χ0) is 32.2. The maximum atomic E-state index is 12.3. The molecule has 0 aromatic heterocycles. The van der Waals surface area contributed by atoms with Crippen LogP contribution in [0.2, 0.25) is 0 Å². The third kappa shape index (κ3) is 32.5. The van der Waals surface area contributed by atoms with Gasteiger partial charge in [0.05, 0.1) is 18.8 Å². The van der Waals surface area contributed by atoms with E-state index < -0.39 is 12.1 Å². The lowest BCUT2D eigenvalue weighted by atomic mass is 10.0. The van der Waals surface area contributed by atoms with E-state index in [2.05, 4.69) is 19.2 Å². The molecule has 44 heavy (non-hydrogen) atoms. The van der Waals surface area contributed by atoms with Crippen molar-refractivity contribution in [2.75, 3.05) is 6.61 Å². The number of hydrogen-bond acceptors (Lipinski definition) is 3. The third-order valence-corrected chi connectivity index (χ3v) is 9.27. The molecule has 0 spiro atoms. The molecule has 0 heterocycles. The van der Waals surface area contributed by atoms with E-state index in [1.54, 1.807) is 6.08 Å². The Balaban J connectivity index is 3.52. The van der Waals surface area contributed by atoms with Crippen LogP contribution in [-0.2, 0) is 4.79 Å². The molecule has 0 bridgehead atoms. The van der Waals surface area contributed by atoms with Crippen LogP contribution >= 0.6 is 0 Å². The van der Waals surface area contributed by atoms with Crippen LogP contribution in [0.5, 0.6) is 0 Å². The molecule has 2 unspecified atom stereocenters. The zero-order valence-electron chi connectivity index (χ0n) is 29.9. The highest BCUT2D eigenvalue weighted by atomic mass is 16.3. The topological polar surface area (TPSA) is 69.6 Å². The highest BCUT2D eigenvalue weighted by Gasteiger charge is 2.17. The van der Waals surface area contributed by atoms with Crippen LogP contribution in [0.4, 0.5) is 0 Å². The van der Waals surface area contributed by atoms with Crippen LogP contribution in [0.25, 0.3) is 0 Å². The predicted molar refractivity (Wildman–Crippen MR) is 193 cm³/mol. The minimum atomic E-state index is -0.832. The van der Waals surface area contributed by atoms with Crippen molar-refractivity contribution < 1.29 is 15.0 Å². The van der Waals surface area contributed by atoms with E-state index in [1.165, 1.54) is 173 Å². The van der Waals surface area contributed by atoms with Gasteiger partial charge >= 0.3 is 0 Å². The van der Waals surface area contributed by atoms with Gasteiger partial charge in [-0.3, -0.25) is 4.79 Å². The van der Waals surface area contributed by atoms with Gasteiger partial charge in [0.25, 0.3) is 0 Å². The summed E-state index contributed by atoms with van der Waals surface area (Å²) in [6, 6.07) is -0.614. The molecule has 2 atom stereocenters. The molecule has 262 valence electrons. The summed E-state index contributed by atoms with van der Waals surface area (Å²) in [7, 11) is 0. The number of carbonyl (C=O) groups is 1. The average molecular weight is 622 g/mol. The van der Waals surface area contributed by atoms with Crippen LogP contribution in [0.3, 0.4) is 0 Å². The molecular formula is C40H79NO3. The number of nitrogens with one attached hydrogen (secondary N) is 1. The Morgan fingerprint density at radius 2 is 0.841 bits per heavy atom. The Morgan fingerprint density at radius 1 is 0.523 bits per heavy atom. The molecule has 0 rings (SSSR count). The number of allylic oxidation sites excluding steroid dienone is 1.